The highest BCUT2D eigenvalue weighted by Gasteiger charge is 2.30. The molecule has 0 saturated heterocycles. The fourth-order valence-electron chi connectivity index (χ4n) is 1.15. The van der Waals surface area contributed by atoms with Gasteiger partial charge in [-0.15, -0.1) is 11.8 Å². The number of aliphatic hydroxyl groups is 1. The molecular weight excluding hydrogens is 226 g/mol. The van der Waals surface area contributed by atoms with Crippen LogP contribution in [-0.4, -0.2) is 32.5 Å². The van der Waals surface area contributed by atoms with Crippen LogP contribution in [0.5, 0.6) is 0 Å². The topological polar surface area (TPSA) is 70.4 Å². The number of nitrogens with zero attached hydrogens (tertiary/aromatic N) is 1. The Hall–Kier alpha value is -1.07. The predicted octanol–water partition coefficient (Wildman–Crippen LogP) is 1.63. The highest BCUT2D eigenvalue weighted by atomic mass is 32.2. The summed E-state index contributed by atoms with van der Waals surface area (Å²) in [5.74, 6) is -1.14. The number of thioether (sulfide) groups is 1. The van der Waals surface area contributed by atoms with Gasteiger partial charge in [-0.3, -0.25) is 0 Å². The van der Waals surface area contributed by atoms with Crippen molar-refractivity contribution in [2.75, 3.05) is 5.75 Å². The third-order valence-electron chi connectivity index (χ3n) is 2.04. The Morgan fingerprint density at radius 3 is 2.62 bits per heavy atom. The Bertz CT molecular complexity index is 384. The fraction of sp³-hybridized carbons (Fsp3) is 0.455. The summed E-state index contributed by atoms with van der Waals surface area (Å²) in [6.45, 7) is 5.12. The summed E-state index contributed by atoms with van der Waals surface area (Å²) in [4.78, 5) is 14.9. The minimum Gasteiger partial charge on any atom is -0.479 e. The van der Waals surface area contributed by atoms with Crippen molar-refractivity contribution in [1.29, 1.82) is 0 Å². The number of hydrogen-bond acceptors (Lipinski definition) is 4. The second-order valence-corrected chi connectivity index (χ2v) is 4.99. The molecular formula is C11H15NO3S. The van der Waals surface area contributed by atoms with Gasteiger partial charge in [0.1, 0.15) is 0 Å². The summed E-state index contributed by atoms with van der Waals surface area (Å²) in [7, 11) is 0. The van der Waals surface area contributed by atoms with E-state index in [9.17, 15) is 9.90 Å². The summed E-state index contributed by atoms with van der Waals surface area (Å²) in [6.07, 6.45) is 0. The molecule has 1 rings (SSSR count). The summed E-state index contributed by atoms with van der Waals surface area (Å²) in [5, 5.41) is 19.0. The molecule has 5 heteroatoms. The first-order chi connectivity index (χ1) is 7.31. The van der Waals surface area contributed by atoms with E-state index in [0.29, 0.717) is 0 Å². The molecule has 4 nitrogen and oxygen atoms in total. The molecule has 0 aliphatic carbocycles. The molecule has 0 bridgehead atoms. The first-order valence-electron chi connectivity index (χ1n) is 4.85. The van der Waals surface area contributed by atoms with Gasteiger partial charge in [0, 0.05) is 11.4 Å². The highest BCUT2D eigenvalue weighted by Crippen LogP contribution is 2.22. The lowest BCUT2D eigenvalue weighted by Gasteiger charge is -2.16. The molecule has 0 fully saturated rings. The molecule has 1 atom stereocenters. The zero-order chi connectivity index (χ0) is 12.3. The van der Waals surface area contributed by atoms with Crippen LogP contribution in [-0.2, 0) is 4.79 Å². The maximum Gasteiger partial charge on any atom is 0.336 e. The molecule has 1 aromatic heterocycles. The van der Waals surface area contributed by atoms with Crippen molar-refractivity contribution < 1.29 is 15.0 Å². The lowest BCUT2D eigenvalue weighted by atomic mass is 10.1. The largest absolute Gasteiger partial charge is 0.479 e. The number of aromatic nitrogens is 1. The van der Waals surface area contributed by atoms with Crippen LogP contribution in [0.3, 0.4) is 0 Å². The minimum atomic E-state index is -1.72. The molecule has 0 aliphatic rings. The third-order valence-corrected chi connectivity index (χ3v) is 3.25. The number of carbonyl (C=O) groups is 1. The van der Waals surface area contributed by atoms with E-state index in [1.165, 1.54) is 18.7 Å². The Labute approximate surface area is 98.7 Å². The number of aliphatic carboxylic acids is 1. The van der Waals surface area contributed by atoms with Gasteiger partial charge in [0.15, 0.2) is 5.60 Å². The first-order valence-corrected chi connectivity index (χ1v) is 5.84. The first kappa shape index (κ1) is 13.0. The van der Waals surface area contributed by atoms with Crippen LogP contribution in [0.4, 0.5) is 0 Å². The van der Waals surface area contributed by atoms with Gasteiger partial charge in [-0.05, 0) is 38.5 Å². The number of hydrogen-bond donors (Lipinski definition) is 2. The van der Waals surface area contributed by atoms with Crippen LogP contribution in [0, 0.1) is 13.8 Å². The molecule has 0 spiro atoms. The molecule has 88 valence electrons. The summed E-state index contributed by atoms with van der Waals surface area (Å²) >= 11 is 1.24. The van der Waals surface area contributed by atoms with E-state index >= 15 is 0 Å². The zero-order valence-electron chi connectivity index (χ0n) is 9.52. The molecule has 0 aliphatic heterocycles. The van der Waals surface area contributed by atoms with E-state index < -0.39 is 11.6 Å². The number of carboxylic acids is 1. The van der Waals surface area contributed by atoms with Crippen LogP contribution in [0.2, 0.25) is 0 Å². The van der Waals surface area contributed by atoms with Crippen molar-refractivity contribution >= 4 is 17.7 Å². The van der Waals surface area contributed by atoms with Gasteiger partial charge >= 0.3 is 5.97 Å². The maximum absolute atomic E-state index is 10.7. The van der Waals surface area contributed by atoms with Gasteiger partial charge in [0.25, 0.3) is 0 Å². The molecule has 2 N–H and O–H groups in total. The molecule has 1 unspecified atom stereocenters. The SMILES string of the molecule is Cc1cc(C)nc(SCC(C)(O)C(=O)O)c1. The molecule has 0 aromatic carbocycles. The standard InChI is InChI=1S/C11H15NO3S/c1-7-4-8(2)12-9(5-7)16-6-11(3,15)10(13)14/h4-5,15H,6H2,1-3H3,(H,13,14). The molecule has 1 aromatic rings. The van der Waals surface area contributed by atoms with Crippen LogP contribution < -0.4 is 0 Å². The van der Waals surface area contributed by atoms with E-state index in [0.717, 1.165) is 16.3 Å². The van der Waals surface area contributed by atoms with Crippen LogP contribution >= 0.6 is 11.8 Å². The fourth-order valence-corrected chi connectivity index (χ4v) is 2.18. The van der Waals surface area contributed by atoms with Gasteiger partial charge in [-0.1, -0.05) is 0 Å². The Kier molecular flexibility index (Phi) is 3.93. The third kappa shape index (κ3) is 3.50. The normalized spacial score (nSPS) is 14.5. The second kappa shape index (κ2) is 4.84. The summed E-state index contributed by atoms with van der Waals surface area (Å²) in [6, 6.07) is 3.81. The predicted molar refractivity (Wildman–Crippen MR) is 62.7 cm³/mol. The van der Waals surface area contributed by atoms with Gasteiger partial charge < -0.3 is 10.2 Å². The van der Waals surface area contributed by atoms with Crippen LogP contribution in [0.25, 0.3) is 0 Å². The van der Waals surface area contributed by atoms with E-state index in [-0.39, 0.29) is 5.75 Å². The lowest BCUT2D eigenvalue weighted by molar-refractivity contribution is -0.154. The van der Waals surface area contributed by atoms with Gasteiger partial charge in [0.2, 0.25) is 0 Å². The van der Waals surface area contributed by atoms with Crippen molar-refractivity contribution in [3.8, 4) is 0 Å². The van der Waals surface area contributed by atoms with E-state index in [1.54, 1.807) is 0 Å². The van der Waals surface area contributed by atoms with E-state index in [2.05, 4.69) is 4.98 Å². The average Bonchev–Trinajstić information content (AvgIpc) is 2.13. The Morgan fingerprint density at radius 1 is 1.50 bits per heavy atom. The van der Waals surface area contributed by atoms with Crippen molar-refractivity contribution in [3.63, 3.8) is 0 Å². The van der Waals surface area contributed by atoms with Crippen molar-refractivity contribution in [1.82, 2.24) is 4.98 Å². The van der Waals surface area contributed by atoms with Gasteiger partial charge in [-0.25, -0.2) is 9.78 Å². The minimum absolute atomic E-state index is 0.0816. The zero-order valence-corrected chi connectivity index (χ0v) is 10.3. The Balaban J connectivity index is 2.71. The lowest BCUT2D eigenvalue weighted by Crippen LogP contribution is -2.37. The van der Waals surface area contributed by atoms with Crippen molar-refractivity contribution in [3.05, 3.63) is 23.4 Å². The Morgan fingerprint density at radius 2 is 2.12 bits per heavy atom. The van der Waals surface area contributed by atoms with Crippen molar-refractivity contribution in [2.45, 2.75) is 31.4 Å². The van der Waals surface area contributed by atoms with E-state index in [1.807, 2.05) is 26.0 Å². The maximum atomic E-state index is 10.7. The molecule has 0 radical (unpaired) electrons. The average molecular weight is 241 g/mol. The van der Waals surface area contributed by atoms with E-state index in [4.69, 9.17) is 5.11 Å². The number of rotatable bonds is 4. The number of aryl methyl sites for hydroxylation is 2. The number of carboxylic acid groups (broad SMARTS) is 1. The highest BCUT2D eigenvalue weighted by molar-refractivity contribution is 7.99. The molecule has 0 amide bonds. The summed E-state index contributed by atoms with van der Waals surface area (Å²) < 4.78 is 0. The molecule has 0 saturated carbocycles. The molecule has 1 heterocycles. The monoisotopic (exact) mass is 241 g/mol. The quantitative estimate of drug-likeness (QED) is 0.784. The van der Waals surface area contributed by atoms with Crippen LogP contribution in [0.1, 0.15) is 18.2 Å². The second-order valence-electron chi connectivity index (χ2n) is 3.99. The number of pyridine rings is 1. The molecule has 16 heavy (non-hydrogen) atoms. The smallest absolute Gasteiger partial charge is 0.336 e. The van der Waals surface area contributed by atoms with Crippen molar-refractivity contribution in [2.24, 2.45) is 0 Å². The van der Waals surface area contributed by atoms with Crippen LogP contribution in [0.15, 0.2) is 17.2 Å². The van der Waals surface area contributed by atoms with Gasteiger partial charge in [0.05, 0.1) is 5.03 Å². The van der Waals surface area contributed by atoms with Gasteiger partial charge in [-0.2, -0.15) is 0 Å². The summed E-state index contributed by atoms with van der Waals surface area (Å²) in [5.41, 5.74) is 0.242.